The first-order chi connectivity index (χ1) is 9.16. The molecule has 0 aliphatic rings. The van der Waals surface area contributed by atoms with E-state index in [4.69, 9.17) is 23.2 Å². The number of halogens is 3. The molecule has 0 spiro atoms. The van der Waals surface area contributed by atoms with Crippen LogP contribution in [-0.4, -0.2) is 0 Å². The van der Waals surface area contributed by atoms with Crippen molar-refractivity contribution >= 4 is 67.2 Å². The monoisotopic (exact) mass is 418 g/mol. The quantitative estimate of drug-likeness (QED) is 0.329. The normalized spacial score (nSPS) is 12.8. The number of benzene rings is 2. The molecule has 0 N–H and O–H groups in total. The zero-order valence-corrected chi connectivity index (χ0v) is 14.2. The van der Waals surface area contributed by atoms with Crippen LogP contribution in [0, 0.1) is 3.57 Å². The summed E-state index contributed by atoms with van der Waals surface area (Å²) in [7, 11) is 0. The Bertz CT molecular complexity index is 736. The number of alkyl halides is 1. The van der Waals surface area contributed by atoms with Crippen molar-refractivity contribution < 1.29 is 0 Å². The summed E-state index contributed by atoms with van der Waals surface area (Å²) < 4.78 is 2.31. The Morgan fingerprint density at radius 2 is 1.89 bits per heavy atom. The van der Waals surface area contributed by atoms with E-state index in [2.05, 4.69) is 40.1 Å². The molecule has 0 aliphatic heterocycles. The second-order valence-corrected chi connectivity index (χ2v) is 7.14. The molecule has 19 heavy (non-hydrogen) atoms. The SMILES string of the molecule is Clc1cc(C(Cl)c2csc3ccccc23)ccc1I. The molecule has 4 heteroatoms. The molecule has 3 aromatic rings. The van der Waals surface area contributed by atoms with Crippen molar-refractivity contribution in [2.75, 3.05) is 0 Å². The molecule has 0 nitrogen and oxygen atoms in total. The minimum Gasteiger partial charge on any atom is -0.143 e. The fourth-order valence-electron chi connectivity index (χ4n) is 2.04. The van der Waals surface area contributed by atoms with E-state index in [0.717, 1.165) is 19.7 Å². The molecule has 0 amide bonds. The third-order valence-corrected chi connectivity index (χ3v) is 6.06. The van der Waals surface area contributed by atoms with Gasteiger partial charge in [0.2, 0.25) is 0 Å². The molecule has 3 rings (SSSR count). The van der Waals surface area contributed by atoms with Gasteiger partial charge in [0.15, 0.2) is 0 Å². The highest BCUT2D eigenvalue weighted by molar-refractivity contribution is 14.1. The second kappa shape index (κ2) is 5.60. The van der Waals surface area contributed by atoms with Crippen molar-refractivity contribution in [3.63, 3.8) is 0 Å². The molecular weight excluding hydrogens is 410 g/mol. The van der Waals surface area contributed by atoms with E-state index in [1.165, 1.54) is 10.1 Å². The number of fused-ring (bicyclic) bond motifs is 1. The molecule has 0 aliphatic carbocycles. The summed E-state index contributed by atoms with van der Waals surface area (Å²) in [5, 5.41) is 3.95. The average molecular weight is 419 g/mol. The molecule has 0 saturated heterocycles. The lowest BCUT2D eigenvalue weighted by molar-refractivity contribution is 1.17. The van der Waals surface area contributed by atoms with Crippen molar-refractivity contribution in [2.45, 2.75) is 5.38 Å². The zero-order valence-electron chi connectivity index (χ0n) is 9.74. The van der Waals surface area contributed by atoms with Crippen LogP contribution >= 0.6 is 57.1 Å². The highest BCUT2D eigenvalue weighted by atomic mass is 127. The summed E-state index contributed by atoms with van der Waals surface area (Å²) in [6.45, 7) is 0. The summed E-state index contributed by atoms with van der Waals surface area (Å²) in [6, 6.07) is 14.3. The van der Waals surface area contributed by atoms with Gasteiger partial charge >= 0.3 is 0 Å². The molecule has 0 bridgehead atoms. The summed E-state index contributed by atoms with van der Waals surface area (Å²) in [6.07, 6.45) is 0. The minimum absolute atomic E-state index is 0.161. The van der Waals surface area contributed by atoms with Gasteiger partial charge in [-0.3, -0.25) is 0 Å². The van der Waals surface area contributed by atoms with Crippen LogP contribution in [0.1, 0.15) is 16.5 Å². The Labute approximate surface area is 139 Å². The number of thiophene rings is 1. The van der Waals surface area contributed by atoms with Gasteiger partial charge in [-0.1, -0.05) is 35.9 Å². The van der Waals surface area contributed by atoms with Crippen molar-refractivity contribution in [3.8, 4) is 0 Å². The zero-order chi connectivity index (χ0) is 13.4. The lowest BCUT2D eigenvalue weighted by atomic mass is 10.0. The molecule has 1 unspecified atom stereocenters. The van der Waals surface area contributed by atoms with Gasteiger partial charge in [0.1, 0.15) is 0 Å². The third-order valence-electron chi connectivity index (χ3n) is 3.02. The Morgan fingerprint density at radius 1 is 1.11 bits per heavy atom. The lowest BCUT2D eigenvalue weighted by Gasteiger charge is -2.10. The van der Waals surface area contributed by atoms with Crippen LogP contribution in [0.25, 0.3) is 10.1 Å². The summed E-state index contributed by atoms with van der Waals surface area (Å²) in [4.78, 5) is 0. The van der Waals surface area contributed by atoms with E-state index >= 15 is 0 Å². The first-order valence-corrected chi connectivity index (χ1v) is 8.49. The molecule has 96 valence electrons. The predicted molar refractivity (Wildman–Crippen MR) is 93.7 cm³/mol. The molecule has 1 aromatic heterocycles. The molecular formula is C15H9Cl2IS. The van der Waals surface area contributed by atoms with E-state index in [-0.39, 0.29) is 5.38 Å². The van der Waals surface area contributed by atoms with Gasteiger partial charge in [0.25, 0.3) is 0 Å². The fourth-order valence-corrected chi connectivity index (χ4v) is 3.95. The minimum atomic E-state index is -0.161. The summed E-state index contributed by atoms with van der Waals surface area (Å²) in [5.41, 5.74) is 2.19. The number of hydrogen-bond donors (Lipinski definition) is 0. The van der Waals surface area contributed by atoms with Crippen LogP contribution < -0.4 is 0 Å². The van der Waals surface area contributed by atoms with E-state index in [0.29, 0.717) is 0 Å². The highest BCUT2D eigenvalue weighted by Crippen LogP contribution is 2.38. The smallest absolute Gasteiger partial charge is 0.0850 e. The van der Waals surface area contributed by atoms with Crippen LogP contribution in [-0.2, 0) is 0 Å². The second-order valence-electron chi connectivity index (χ2n) is 4.22. The van der Waals surface area contributed by atoms with E-state index < -0.39 is 0 Å². The Morgan fingerprint density at radius 3 is 2.68 bits per heavy atom. The van der Waals surface area contributed by atoms with Crippen LogP contribution in [0.5, 0.6) is 0 Å². The van der Waals surface area contributed by atoms with Crippen molar-refractivity contribution in [1.82, 2.24) is 0 Å². The molecule has 1 heterocycles. The maximum atomic E-state index is 6.62. The molecule has 0 radical (unpaired) electrons. The van der Waals surface area contributed by atoms with Crippen LogP contribution in [0.15, 0.2) is 47.8 Å². The van der Waals surface area contributed by atoms with Gasteiger partial charge in [-0.15, -0.1) is 22.9 Å². The maximum Gasteiger partial charge on any atom is 0.0850 e. The molecule has 0 saturated carbocycles. The van der Waals surface area contributed by atoms with Gasteiger partial charge in [-0.2, -0.15) is 0 Å². The Hall–Kier alpha value is -0.290. The van der Waals surface area contributed by atoms with Gasteiger partial charge in [-0.25, -0.2) is 0 Å². The van der Waals surface area contributed by atoms with E-state index in [9.17, 15) is 0 Å². The standard InChI is InChI=1S/C15H9Cl2IS/c16-12-7-9(5-6-13(12)18)15(17)11-8-19-14-4-2-1-3-10(11)14/h1-8,15H. The van der Waals surface area contributed by atoms with E-state index in [1.54, 1.807) is 11.3 Å². The van der Waals surface area contributed by atoms with Crippen LogP contribution in [0.2, 0.25) is 5.02 Å². The van der Waals surface area contributed by atoms with Crippen molar-refractivity contribution in [2.24, 2.45) is 0 Å². The van der Waals surface area contributed by atoms with Crippen molar-refractivity contribution in [3.05, 3.63) is 67.6 Å². The predicted octanol–water partition coefficient (Wildman–Crippen LogP) is 6.49. The van der Waals surface area contributed by atoms with Crippen LogP contribution in [0.3, 0.4) is 0 Å². The Kier molecular flexibility index (Phi) is 4.03. The molecule has 0 fully saturated rings. The topological polar surface area (TPSA) is 0 Å². The fraction of sp³-hybridized carbons (Fsp3) is 0.0667. The lowest BCUT2D eigenvalue weighted by Crippen LogP contribution is -1.92. The first kappa shape index (κ1) is 13.7. The first-order valence-electron chi connectivity index (χ1n) is 5.72. The van der Waals surface area contributed by atoms with Gasteiger partial charge in [0, 0.05) is 8.27 Å². The average Bonchev–Trinajstić information content (AvgIpc) is 2.85. The number of hydrogen-bond acceptors (Lipinski definition) is 1. The van der Waals surface area contributed by atoms with Crippen LogP contribution in [0.4, 0.5) is 0 Å². The molecule has 2 aromatic carbocycles. The highest BCUT2D eigenvalue weighted by Gasteiger charge is 2.16. The van der Waals surface area contributed by atoms with Crippen molar-refractivity contribution in [1.29, 1.82) is 0 Å². The number of rotatable bonds is 2. The Balaban J connectivity index is 2.08. The molecule has 1 atom stereocenters. The van der Waals surface area contributed by atoms with Gasteiger partial charge in [0.05, 0.1) is 10.4 Å². The third kappa shape index (κ3) is 2.64. The van der Waals surface area contributed by atoms with Gasteiger partial charge in [-0.05, 0) is 62.7 Å². The van der Waals surface area contributed by atoms with Gasteiger partial charge < -0.3 is 0 Å². The largest absolute Gasteiger partial charge is 0.143 e. The maximum absolute atomic E-state index is 6.62. The summed E-state index contributed by atoms with van der Waals surface area (Å²) in [5.74, 6) is 0. The van der Waals surface area contributed by atoms with E-state index in [1.807, 2.05) is 30.3 Å². The summed E-state index contributed by atoms with van der Waals surface area (Å²) >= 11 is 16.7.